The average Bonchev–Trinajstić information content (AvgIpc) is 3.07. The van der Waals surface area contributed by atoms with Crippen LogP contribution in [-0.2, 0) is 4.79 Å². The second-order valence-electron chi connectivity index (χ2n) is 8.63. The van der Waals surface area contributed by atoms with Crippen LogP contribution in [0, 0.1) is 0 Å². The molecule has 1 fully saturated rings. The van der Waals surface area contributed by atoms with Gasteiger partial charge in [0.2, 0.25) is 5.91 Å². The first-order valence-electron chi connectivity index (χ1n) is 11.2. The van der Waals surface area contributed by atoms with E-state index in [4.69, 9.17) is 0 Å². The molecule has 33 heavy (non-hydrogen) atoms. The largest absolute Gasteiger partial charge is 0.378 e. The zero-order valence-electron chi connectivity index (χ0n) is 18.9. The van der Waals surface area contributed by atoms with Crippen LogP contribution >= 0.6 is 0 Å². The molecule has 0 atom stereocenters. The first-order valence-corrected chi connectivity index (χ1v) is 11.2. The second kappa shape index (κ2) is 9.44. The molecule has 0 bridgehead atoms. The summed E-state index contributed by atoms with van der Waals surface area (Å²) in [6.45, 7) is 1.19. The summed E-state index contributed by atoms with van der Waals surface area (Å²) in [6, 6.07) is 14.2. The lowest BCUT2D eigenvalue weighted by Gasteiger charge is -2.32. The molecule has 0 radical (unpaired) electrons. The molecule has 4 rings (SSSR count). The van der Waals surface area contributed by atoms with E-state index < -0.39 is 0 Å². The molecule has 8 heteroatoms. The van der Waals surface area contributed by atoms with E-state index in [2.05, 4.69) is 5.32 Å². The number of imide groups is 1. The van der Waals surface area contributed by atoms with Crippen LogP contribution in [0.1, 0.15) is 50.3 Å². The molecule has 0 saturated carbocycles. The Morgan fingerprint density at radius 1 is 0.939 bits per heavy atom. The van der Waals surface area contributed by atoms with E-state index in [9.17, 15) is 19.2 Å². The molecule has 0 aromatic heterocycles. The minimum absolute atomic E-state index is 0.00397. The summed E-state index contributed by atoms with van der Waals surface area (Å²) >= 11 is 0. The highest BCUT2D eigenvalue weighted by atomic mass is 16.2. The normalized spacial score (nSPS) is 16.1. The van der Waals surface area contributed by atoms with Crippen molar-refractivity contribution >= 4 is 29.3 Å². The Morgan fingerprint density at radius 2 is 1.52 bits per heavy atom. The lowest BCUT2D eigenvalue weighted by molar-refractivity contribution is -0.122. The summed E-state index contributed by atoms with van der Waals surface area (Å²) < 4.78 is 0. The van der Waals surface area contributed by atoms with Gasteiger partial charge in [-0.25, -0.2) is 0 Å². The van der Waals surface area contributed by atoms with Crippen LogP contribution in [-0.4, -0.2) is 73.2 Å². The van der Waals surface area contributed by atoms with Crippen molar-refractivity contribution in [1.82, 2.24) is 15.1 Å². The highest BCUT2D eigenvalue weighted by Crippen LogP contribution is 2.22. The minimum Gasteiger partial charge on any atom is -0.378 e. The zero-order valence-corrected chi connectivity index (χ0v) is 18.9. The molecule has 1 N–H and O–H groups in total. The quantitative estimate of drug-likeness (QED) is 0.684. The predicted molar refractivity (Wildman–Crippen MR) is 124 cm³/mol. The van der Waals surface area contributed by atoms with Crippen LogP contribution in [0.5, 0.6) is 0 Å². The maximum absolute atomic E-state index is 12.8. The summed E-state index contributed by atoms with van der Waals surface area (Å²) in [5.41, 5.74) is 2.46. The van der Waals surface area contributed by atoms with Gasteiger partial charge in [0.25, 0.3) is 17.7 Å². The van der Waals surface area contributed by atoms with Crippen LogP contribution in [0.25, 0.3) is 0 Å². The van der Waals surface area contributed by atoms with Gasteiger partial charge in [0.1, 0.15) is 0 Å². The van der Waals surface area contributed by atoms with Gasteiger partial charge < -0.3 is 15.1 Å². The number of nitrogens with zero attached hydrogens (tertiary/aromatic N) is 3. The van der Waals surface area contributed by atoms with Gasteiger partial charge in [-0.1, -0.05) is 12.1 Å². The molecule has 1 saturated heterocycles. The van der Waals surface area contributed by atoms with Gasteiger partial charge in [-0.05, 0) is 49.2 Å². The molecule has 2 aromatic carbocycles. The molecule has 2 aromatic rings. The van der Waals surface area contributed by atoms with Gasteiger partial charge in [-0.3, -0.25) is 24.1 Å². The fraction of sp³-hybridized carbons (Fsp3) is 0.360. The van der Waals surface area contributed by atoms with Crippen molar-refractivity contribution in [2.75, 3.05) is 38.6 Å². The highest BCUT2D eigenvalue weighted by Gasteiger charge is 2.35. The number of likely N-dealkylation sites (tertiary alicyclic amines) is 1. The molecule has 172 valence electrons. The number of carbonyl (C=O) groups excluding carboxylic acids is 4. The van der Waals surface area contributed by atoms with Crippen LogP contribution in [0.2, 0.25) is 0 Å². The Bertz CT molecular complexity index is 1040. The van der Waals surface area contributed by atoms with Crippen LogP contribution in [0.3, 0.4) is 0 Å². The lowest BCUT2D eigenvalue weighted by atomic mass is 10.0. The number of hydrogen-bond donors (Lipinski definition) is 1. The monoisotopic (exact) mass is 448 g/mol. The molecular weight excluding hydrogens is 420 g/mol. The lowest BCUT2D eigenvalue weighted by Crippen LogP contribution is -2.47. The van der Waals surface area contributed by atoms with Gasteiger partial charge in [0.05, 0.1) is 11.1 Å². The summed E-state index contributed by atoms with van der Waals surface area (Å²) in [4.78, 5) is 55.0. The summed E-state index contributed by atoms with van der Waals surface area (Å²) in [5.74, 6) is -0.908. The molecule has 0 spiro atoms. The summed E-state index contributed by atoms with van der Waals surface area (Å²) in [5, 5.41) is 2.98. The number of nitrogens with one attached hydrogen (secondary N) is 1. The Hall–Kier alpha value is -3.68. The van der Waals surface area contributed by atoms with E-state index in [-0.39, 0.29) is 42.6 Å². The molecular formula is C25H28N4O4. The molecule has 2 aliphatic heterocycles. The maximum atomic E-state index is 12.8. The third kappa shape index (κ3) is 4.74. The van der Waals surface area contributed by atoms with Crippen LogP contribution in [0.4, 0.5) is 5.69 Å². The summed E-state index contributed by atoms with van der Waals surface area (Å²) in [7, 11) is 3.91. The van der Waals surface area contributed by atoms with Gasteiger partial charge in [-0.15, -0.1) is 0 Å². The minimum atomic E-state index is -0.353. The number of carbonyl (C=O) groups is 4. The Labute approximate surface area is 193 Å². The van der Waals surface area contributed by atoms with Crippen molar-refractivity contribution in [1.29, 1.82) is 0 Å². The van der Waals surface area contributed by atoms with Gasteiger partial charge in [0.15, 0.2) is 0 Å². The number of benzene rings is 2. The first kappa shape index (κ1) is 22.5. The fourth-order valence-electron chi connectivity index (χ4n) is 4.27. The van der Waals surface area contributed by atoms with E-state index in [0.29, 0.717) is 42.6 Å². The second-order valence-corrected chi connectivity index (χ2v) is 8.63. The average molecular weight is 449 g/mol. The molecule has 2 aliphatic rings. The molecule has 0 unspecified atom stereocenters. The van der Waals surface area contributed by atoms with Crippen molar-refractivity contribution < 1.29 is 19.2 Å². The van der Waals surface area contributed by atoms with Crippen molar-refractivity contribution in [2.24, 2.45) is 0 Å². The van der Waals surface area contributed by atoms with E-state index in [1.165, 1.54) is 0 Å². The standard InChI is InChI=1S/C25H28N4O4/c1-27(2)19-9-7-17(8-10-19)23(31)28-14-11-18(12-15-28)26-22(30)13-16-29-24(32)20-5-3-4-6-21(20)25(29)33/h3-10,18H,11-16H2,1-2H3,(H,26,30). The molecule has 2 heterocycles. The van der Waals surface area contributed by atoms with Crippen molar-refractivity contribution in [3.63, 3.8) is 0 Å². The number of rotatable bonds is 6. The number of piperidine rings is 1. The van der Waals surface area contributed by atoms with Crippen molar-refractivity contribution in [2.45, 2.75) is 25.3 Å². The smallest absolute Gasteiger partial charge is 0.261 e. The van der Waals surface area contributed by atoms with Crippen molar-refractivity contribution in [3.8, 4) is 0 Å². The van der Waals surface area contributed by atoms with E-state index in [1.807, 2.05) is 48.2 Å². The van der Waals surface area contributed by atoms with Gasteiger partial charge in [-0.2, -0.15) is 0 Å². The van der Waals surface area contributed by atoms with Gasteiger partial charge in [0, 0.05) is 57.4 Å². The van der Waals surface area contributed by atoms with E-state index >= 15 is 0 Å². The number of anilines is 1. The van der Waals surface area contributed by atoms with Crippen molar-refractivity contribution in [3.05, 3.63) is 65.2 Å². The Balaban J connectivity index is 1.23. The predicted octanol–water partition coefficient (Wildman–Crippen LogP) is 2.16. The molecule has 4 amide bonds. The fourth-order valence-corrected chi connectivity index (χ4v) is 4.27. The van der Waals surface area contributed by atoms with E-state index in [0.717, 1.165) is 10.6 Å². The zero-order chi connectivity index (χ0) is 23.5. The van der Waals surface area contributed by atoms with Gasteiger partial charge >= 0.3 is 0 Å². The van der Waals surface area contributed by atoms with Crippen LogP contribution in [0.15, 0.2) is 48.5 Å². The van der Waals surface area contributed by atoms with E-state index in [1.54, 1.807) is 24.3 Å². The topological polar surface area (TPSA) is 90.0 Å². The maximum Gasteiger partial charge on any atom is 0.261 e. The number of amides is 4. The molecule has 8 nitrogen and oxygen atoms in total. The third-order valence-electron chi connectivity index (χ3n) is 6.22. The Kier molecular flexibility index (Phi) is 6.44. The molecule has 0 aliphatic carbocycles. The third-order valence-corrected chi connectivity index (χ3v) is 6.22. The number of hydrogen-bond acceptors (Lipinski definition) is 5. The Morgan fingerprint density at radius 3 is 2.06 bits per heavy atom. The highest BCUT2D eigenvalue weighted by molar-refractivity contribution is 6.21. The first-order chi connectivity index (χ1) is 15.8. The van der Waals surface area contributed by atoms with Crippen LogP contribution < -0.4 is 10.2 Å². The SMILES string of the molecule is CN(C)c1ccc(C(=O)N2CCC(NC(=O)CCN3C(=O)c4ccccc4C3=O)CC2)cc1. The number of fused-ring (bicyclic) bond motifs is 1. The summed E-state index contributed by atoms with van der Waals surface area (Å²) in [6.07, 6.45) is 1.39.